The number of fused-ring (bicyclic) bond motifs is 1. The summed E-state index contributed by atoms with van der Waals surface area (Å²) < 4.78 is 11.4. The number of halogens is 3. The number of H-pyrrole nitrogens is 1. The molecule has 1 unspecified atom stereocenters. The molecule has 6 nitrogen and oxygen atoms in total. The van der Waals surface area contributed by atoms with Crippen molar-refractivity contribution in [3.8, 4) is 11.5 Å². The van der Waals surface area contributed by atoms with Crippen molar-refractivity contribution in [1.82, 2.24) is 10.2 Å². The van der Waals surface area contributed by atoms with E-state index in [1.54, 1.807) is 31.5 Å². The molecule has 1 aromatic heterocycles. The van der Waals surface area contributed by atoms with Crippen LogP contribution in [-0.2, 0) is 11.4 Å². The predicted molar refractivity (Wildman–Crippen MR) is 112 cm³/mol. The van der Waals surface area contributed by atoms with Crippen LogP contribution in [0, 0.1) is 0 Å². The number of ether oxygens (including phenoxy) is 2. The van der Waals surface area contributed by atoms with E-state index in [4.69, 9.17) is 44.3 Å². The Hall–Kier alpha value is -2.41. The van der Waals surface area contributed by atoms with Crippen LogP contribution in [0.4, 0.5) is 5.82 Å². The second-order valence-electron chi connectivity index (χ2n) is 6.56. The minimum absolute atomic E-state index is 0.0708. The van der Waals surface area contributed by atoms with E-state index in [0.29, 0.717) is 44.4 Å². The lowest BCUT2D eigenvalue weighted by Gasteiger charge is -2.23. The van der Waals surface area contributed by atoms with E-state index < -0.39 is 0 Å². The van der Waals surface area contributed by atoms with E-state index >= 15 is 0 Å². The van der Waals surface area contributed by atoms with Crippen molar-refractivity contribution in [2.75, 3.05) is 12.4 Å². The van der Waals surface area contributed by atoms with Crippen LogP contribution < -0.4 is 14.8 Å². The molecule has 0 spiro atoms. The molecular formula is C20H16Cl3N3O3. The Morgan fingerprint density at radius 3 is 2.79 bits per heavy atom. The molecule has 9 heteroatoms. The zero-order valence-electron chi connectivity index (χ0n) is 15.3. The van der Waals surface area contributed by atoms with Gasteiger partial charge in [0, 0.05) is 28.5 Å². The van der Waals surface area contributed by atoms with Gasteiger partial charge in [0.2, 0.25) is 5.91 Å². The Balaban J connectivity index is 1.59. The second-order valence-corrected chi connectivity index (χ2v) is 7.79. The minimum atomic E-state index is -0.123. The molecule has 150 valence electrons. The maximum absolute atomic E-state index is 12.0. The molecule has 0 radical (unpaired) electrons. The predicted octanol–water partition coefficient (Wildman–Crippen LogP) is 5.43. The molecule has 3 aromatic rings. The highest BCUT2D eigenvalue weighted by atomic mass is 35.5. The third kappa shape index (κ3) is 4.01. The van der Waals surface area contributed by atoms with Gasteiger partial charge in [0.1, 0.15) is 12.4 Å². The summed E-state index contributed by atoms with van der Waals surface area (Å²) in [6.07, 6.45) is 2.05. The van der Waals surface area contributed by atoms with Gasteiger partial charge in [0.15, 0.2) is 11.5 Å². The third-order valence-electron chi connectivity index (χ3n) is 4.74. The van der Waals surface area contributed by atoms with Crippen molar-refractivity contribution in [1.29, 1.82) is 0 Å². The average molecular weight is 453 g/mol. The first-order chi connectivity index (χ1) is 14.0. The van der Waals surface area contributed by atoms with E-state index in [2.05, 4.69) is 15.5 Å². The fourth-order valence-electron chi connectivity index (χ4n) is 3.33. The summed E-state index contributed by atoms with van der Waals surface area (Å²) in [7, 11) is 1.56. The first-order valence-electron chi connectivity index (χ1n) is 8.73. The number of benzene rings is 2. The molecular weight excluding hydrogens is 437 g/mol. The topological polar surface area (TPSA) is 76.2 Å². The van der Waals surface area contributed by atoms with Gasteiger partial charge in [0.05, 0.1) is 23.4 Å². The number of methoxy groups -OCH3 is 1. The van der Waals surface area contributed by atoms with Crippen molar-refractivity contribution in [2.45, 2.75) is 18.9 Å². The highest BCUT2D eigenvalue weighted by Crippen LogP contribution is 2.39. The number of amides is 1. The highest BCUT2D eigenvalue weighted by molar-refractivity contribution is 6.43. The number of carbonyl (C=O) groups excluding carboxylic acids is 1. The Bertz CT molecular complexity index is 1080. The molecule has 0 bridgehead atoms. The quantitative estimate of drug-likeness (QED) is 0.506. The van der Waals surface area contributed by atoms with Gasteiger partial charge in [-0.1, -0.05) is 40.9 Å². The Morgan fingerprint density at radius 2 is 2.00 bits per heavy atom. The molecule has 1 aliphatic rings. The Kier molecular flexibility index (Phi) is 5.58. The molecule has 2 aromatic carbocycles. The lowest BCUT2D eigenvalue weighted by molar-refractivity contribution is -0.116. The fourth-order valence-corrected chi connectivity index (χ4v) is 4.03. The van der Waals surface area contributed by atoms with Gasteiger partial charge < -0.3 is 14.8 Å². The van der Waals surface area contributed by atoms with Crippen LogP contribution in [0.15, 0.2) is 36.5 Å². The molecule has 0 fully saturated rings. The van der Waals surface area contributed by atoms with E-state index in [1.165, 1.54) is 0 Å². The van der Waals surface area contributed by atoms with Crippen LogP contribution in [0.25, 0.3) is 0 Å². The van der Waals surface area contributed by atoms with E-state index in [0.717, 1.165) is 11.1 Å². The lowest BCUT2D eigenvalue weighted by atomic mass is 9.87. The van der Waals surface area contributed by atoms with Crippen molar-refractivity contribution in [3.63, 3.8) is 0 Å². The zero-order chi connectivity index (χ0) is 20.5. The normalized spacial score (nSPS) is 15.6. The number of hydrogen-bond acceptors (Lipinski definition) is 4. The number of carbonyl (C=O) groups is 1. The number of aromatic nitrogens is 2. The van der Waals surface area contributed by atoms with Gasteiger partial charge in [-0.15, -0.1) is 0 Å². The number of rotatable bonds is 5. The first kappa shape index (κ1) is 19.9. The van der Waals surface area contributed by atoms with Crippen molar-refractivity contribution in [2.24, 2.45) is 0 Å². The van der Waals surface area contributed by atoms with Crippen LogP contribution >= 0.6 is 34.8 Å². The summed E-state index contributed by atoms with van der Waals surface area (Å²) in [5.41, 5.74) is 2.53. The number of anilines is 1. The summed E-state index contributed by atoms with van der Waals surface area (Å²) >= 11 is 18.4. The summed E-state index contributed by atoms with van der Waals surface area (Å²) in [4.78, 5) is 12.0. The molecule has 1 amide bonds. The van der Waals surface area contributed by atoms with Gasteiger partial charge in [-0.25, -0.2) is 0 Å². The van der Waals surface area contributed by atoms with Crippen molar-refractivity contribution >= 4 is 46.5 Å². The number of aromatic amines is 1. The molecule has 2 N–H and O–H groups in total. The van der Waals surface area contributed by atoms with Crippen LogP contribution in [0.2, 0.25) is 15.1 Å². The van der Waals surface area contributed by atoms with Crippen LogP contribution in [0.3, 0.4) is 0 Å². The SMILES string of the molecule is COc1cc(C2CC(=O)Nc3[nH]ncc32)ccc1OCc1cc(Cl)cc(Cl)c1Cl. The molecule has 0 saturated heterocycles. The second kappa shape index (κ2) is 8.14. The molecule has 1 atom stereocenters. The van der Waals surface area contributed by atoms with Crippen LogP contribution in [0.5, 0.6) is 11.5 Å². The molecule has 29 heavy (non-hydrogen) atoms. The summed E-state index contributed by atoms with van der Waals surface area (Å²) in [6, 6.07) is 8.86. The van der Waals surface area contributed by atoms with Gasteiger partial charge in [0.25, 0.3) is 0 Å². The molecule has 1 aliphatic heterocycles. The number of nitrogens with zero attached hydrogens (tertiary/aromatic N) is 1. The molecule has 0 aliphatic carbocycles. The van der Waals surface area contributed by atoms with E-state index in [9.17, 15) is 4.79 Å². The number of hydrogen-bond donors (Lipinski definition) is 2. The summed E-state index contributed by atoms with van der Waals surface area (Å²) in [5, 5.41) is 10.9. The van der Waals surface area contributed by atoms with Gasteiger partial charge in [-0.05, 0) is 29.8 Å². The fraction of sp³-hybridized carbons (Fsp3) is 0.200. The molecule has 4 rings (SSSR count). The van der Waals surface area contributed by atoms with Gasteiger partial charge in [-0.2, -0.15) is 5.10 Å². The summed E-state index contributed by atoms with van der Waals surface area (Å²) in [6.45, 7) is 0.173. The van der Waals surface area contributed by atoms with Gasteiger partial charge >= 0.3 is 0 Å². The third-order valence-corrected chi connectivity index (χ3v) is 5.80. The first-order valence-corrected chi connectivity index (χ1v) is 9.87. The van der Waals surface area contributed by atoms with Gasteiger partial charge in [-0.3, -0.25) is 9.89 Å². The Morgan fingerprint density at radius 1 is 1.17 bits per heavy atom. The van der Waals surface area contributed by atoms with E-state index in [-0.39, 0.29) is 18.4 Å². The molecule has 0 saturated carbocycles. The minimum Gasteiger partial charge on any atom is -0.493 e. The van der Waals surface area contributed by atoms with Crippen molar-refractivity contribution in [3.05, 3.63) is 68.3 Å². The monoisotopic (exact) mass is 451 g/mol. The lowest BCUT2D eigenvalue weighted by Crippen LogP contribution is -2.23. The van der Waals surface area contributed by atoms with E-state index in [1.807, 2.05) is 12.1 Å². The highest BCUT2D eigenvalue weighted by Gasteiger charge is 2.28. The smallest absolute Gasteiger partial charge is 0.226 e. The average Bonchev–Trinajstić information content (AvgIpc) is 3.17. The Labute approximate surface area is 182 Å². The van der Waals surface area contributed by atoms with Crippen molar-refractivity contribution < 1.29 is 14.3 Å². The summed E-state index contributed by atoms with van der Waals surface area (Å²) in [5.74, 6) is 1.51. The van der Waals surface area contributed by atoms with Crippen LogP contribution in [0.1, 0.15) is 29.0 Å². The maximum atomic E-state index is 12.0. The molecule has 2 heterocycles. The number of nitrogens with one attached hydrogen (secondary N) is 2. The largest absolute Gasteiger partial charge is 0.493 e. The standard InChI is InChI=1S/C20H16Cl3N3O3/c1-28-17-5-10(13-7-18(27)25-20-14(13)8-24-26-20)2-3-16(17)29-9-11-4-12(21)6-15(22)19(11)23/h2-6,8,13H,7,9H2,1H3,(H2,24,25,26,27). The maximum Gasteiger partial charge on any atom is 0.226 e. The zero-order valence-corrected chi connectivity index (χ0v) is 17.5. The van der Waals surface area contributed by atoms with Crippen LogP contribution in [-0.4, -0.2) is 23.2 Å².